The first-order chi connectivity index (χ1) is 9.70. The lowest BCUT2D eigenvalue weighted by Gasteiger charge is -2.28. The molecule has 1 fully saturated rings. The third-order valence-corrected chi connectivity index (χ3v) is 4.28. The number of hydrogen-bond acceptors (Lipinski definition) is 2. The van der Waals surface area contributed by atoms with Crippen LogP contribution in [0.1, 0.15) is 57.1 Å². The van der Waals surface area contributed by atoms with Crippen molar-refractivity contribution in [1.82, 2.24) is 5.32 Å². The molecule has 0 spiro atoms. The highest BCUT2D eigenvalue weighted by Crippen LogP contribution is 2.30. The van der Waals surface area contributed by atoms with Crippen LogP contribution < -0.4 is 10.1 Å². The molecular formula is C18H29NO. The van der Waals surface area contributed by atoms with Crippen molar-refractivity contribution in [2.45, 2.75) is 65.5 Å². The first kappa shape index (κ1) is 15.4. The van der Waals surface area contributed by atoms with Crippen LogP contribution in [0.25, 0.3) is 0 Å². The zero-order valence-electron chi connectivity index (χ0n) is 13.2. The van der Waals surface area contributed by atoms with E-state index >= 15 is 0 Å². The first-order valence-corrected chi connectivity index (χ1v) is 8.16. The van der Waals surface area contributed by atoms with Crippen LogP contribution in [0.3, 0.4) is 0 Å². The van der Waals surface area contributed by atoms with Gasteiger partial charge in [0.1, 0.15) is 5.75 Å². The Morgan fingerprint density at radius 1 is 1.20 bits per heavy atom. The minimum absolute atomic E-state index is 0.414. The fourth-order valence-corrected chi connectivity index (χ4v) is 2.93. The molecule has 112 valence electrons. The molecule has 2 heteroatoms. The van der Waals surface area contributed by atoms with E-state index in [1.807, 2.05) is 0 Å². The summed E-state index contributed by atoms with van der Waals surface area (Å²) in [5.41, 5.74) is 2.57. The monoisotopic (exact) mass is 275 g/mol. The van der Waals surface area contributed by atoms with E-state index in [0.717, 1.165) is 24.8 Å². The first-order valence-electron chi connectivity index (χ1n) is 8.16. The smallest absolute Gasteiger partial charge is 0.127 e. The van der Waals surface area contributed by atoms with Gasteiger partial charge in [-0.25, -0.2) is 0 Å². The molecule has 0 unspecified atom stereocenters. The van der Waals surface area contributed by atoms with Crippen LogP contribution in [-0.4, -0.2) is 12.6 Å². The Bertz CT molecular complexity index is 408. The average Bonchev–Trinajstić information content (AvgIpc) is 2.45. The molecular weight excluding hydrogens is 246 g/mol. The summed E-state index contributed by atoms with van der Waals surface area (Å²) >= 11 is 0. The summed E-state index contributed by atoms with van der Waals surface area (Å²) in [5, 5.41) is 3.48. The summed E-state index contributed by atoms with van der Waals surface area (Å²) in [6.07, 6.45) is 6.61. The van der Waals surface area contributed by atoms with Gasteiger partial charge >= 0.3 is 0 Å². The SMILES string of the molecule is CCCNCc1cccc(C)c1OC1CCC(C)CC1. The van der Waals surface area contributed by atoms with Crippen molar-refractivity contribution in [2.24, 2.45) is 5.92 Å². The van der Waals surface area contributed by atoms with Gasteiger partial charge in [0.2, 0.25) is 0 Å². The van der Waals surface area contributed by atoms with Gasteiger partial charge < -0.3 is 10.1 Å². The van der Waals surface area contributed by atoms with E-state index in [1.54, 1.807) is 0 Å². The number of hydrogen-bond donors (Lipinski definition) is 1. The van der Waals surface area contributed by atoms with Gasteiger partial charge in [0.25, 0.3) is 0 Å². The largest absolute Gasteiger partial charge is 0.490 e. The maximum absolute atomic E-state index is 6.36. The van der Waals surface area contributed by atoms with E-state index in [-0.39, 0.29) is 0 Å². The molecule has 0 radical (unpaired) electrons. The minimum atomic E-state index is 0.414. The summed E-state index contributed by atoms with van der Waals surface area (Å²) in [6, 6.07) is 6.48. The maximum Gasteiger partial charge on any atom is 0.127 e. The number of benzene rings is 1. The molecule has 2 rings (SSSR count). The van der Waals surface area contributed by atoms with Crippen LogP contribution >= 0.6 is 0 Å². The van der Waals surface area contributed by atoms with E-state index in [9.17, 15) is 0 Å². The zero-order chi connectivity index (χ0) is 14.4. The van der Waals surface area contributed by atoms with E-state index < -0.39 is 0 Å². The van der Waals surface area contributed by atoms with Crippen molar-refractivity contribution >= 4 is 0 Å². The van der Waals surface area contributed by atoms with Gasteiger partial charge in [-0.05, 0) is 57.1 Å². The van der Waals surface area contributed by atoms with Crippen LogP contribution in [0, 0.1) is 12.8 Å². The third-order valence-electron chi connectivity index (χ3n) is 4.28. The molecule has 1 saturated carbocycles. The number of nitrogens with one attached hydrogen (secondary N) is 1. The second-order valence-corrected chi connectivity index (χ2v) is 6.24. The molecule has 0 aliphatic heterocycles. The lowest BCUT2D eigenvalue weighted by atomic mass is 9.89. The van der Waals surface area contributed by atoms with E-state index in [0.29, 0.717) is 6.10 Å². The Kier molecular flexibility index (Phi) is 5.90. The molecule has 20 heavy (non-hydrogen) atoms. The van der Waals surface area contributed by atoms with Crippen molar-refractivity contribution in [1.29, 1.82) is 0 Å². The molecule has 1 aliphatic carbocycles. The number of aryl methyl sites for hydroxylation is 1. The highest BCUT2D eigenvalue weighted by Gasteiger charge is 2.21. The Morgan fingerprint density at radius 3 is 2.65 bits per heavy atom. The Labute approximate surface area is 123 Å². The topological polar surface area (TPSA) is 21.3 Å². The summed E-state index contributed by atoms with van der Waals surface area (Å²) in [7, 11) is 0. The number of ether oxygens (including phenoxy) is 1. The van der Waals surface area contributed by atoms with Gasteiger partial charge in [0, 0.05) is 12.1 Å². The van der Waals surface area contributed by atoms with Crippen LogP contribution in [0.4, 0.5) is 0 Å². The highest BCUT2D eigenvalue weighted by molar-refractivity contribution is 5.40. The zero-order valence-corrected chi connectivity index (χ0v) is 13.2. The summed E-state index contributed by atoms with van der Waals surface area (Å²) in [5.74, 6) is 1.99. The predicted octanol–water partition coefficient (Wildman–Crippen LogP) is 4.45. The second-order valence-electron chi connectivity index (χ2n) is 6.24. The summed E-state index contributed by atoms with van der Waals surface area (Å²) in [4.78, 5) is 0. The van der Waals surface area contributed by atoms with E-state index in [4.69, 9.17) is 4.74 Å². The predicted molar refractivity (Wildman–Crippen MR) is 85.2 cm³/mol. The van der Waals surface area contributed by atoms with Crippen LogP contribution in [0.5, 0.6) is 5.75 Å². The van der Waals surface area contributed by atoms with Gasteiger partial charge in [0.05, 0.1) is 6.10 Å². The number of rotatable bonds is 6. The fraction of sp³-hybridized carbons (Fsp3) is 0.667. The molecule has 1 aromatic carbocycles. The van der Waals surface area contributed by atoms with Crippen molar-refractivity contribution in [2.75, 3.05) is 6.54 Å². The van der Waals surface area contributed by atoms with E-state index in [2.05, 4.69) is 44.3 Å². The number of para-hydroxylation sites is 1. The van der Waals surface area contributed by atoms with Crippen molar-refractivity contribution < 1.29 is 4.74 Å². The minimum Gasteiger partial charge on any atom is -0.490 e. The molecule has 1 aromatic rings. The van der Waals surface area contributed by atoms with Crippen molar-refractivity contribution in [3.8, 4) is 5.75 Å². The van der Waals surface area contributed by atoms with Gasteiger partial charge in [-0.2, -0.15) is 0 Å². The fourth-order valence-electron chi connectivity index (χ4n) is 2.93. The molecule has 1 aliphatic rings. The molecule has 0 bridgehead atoms. The van der Waals surface area contributed by atoms with Crippen molar-refractivity contribution in [3.63, 3.8) is 0 Å². The Balaban J connectivity index is 2.01. The van der Waals surface area contributed by atoms with E-state index in [1.165, 1.54) is 43.2 Å². The average molecular weight is 275 g/mol. The summed E-state index contributed by atoms with van der Waals surface area (Å²) < 4.78 is 6.36. The van der Waals surface area contributed by atoms with Gasteiger partial charge in [-0.15, -0.1) is 0 Å². The quantitative estimate of drug-likeness (QED) is 0.774. The van der Waals surface area contributed by atoms with Gasteiger partial charge in [0.15, 0.2) is 0 Å². The van der Waals surface area contributed by atoms with Crippen LogP contribution in [-0.2, 0) is 6.54 Å². The molecule has 0 atom stereocenters. The Morgan fingerprint density at radius 2 is 1.95 bits per heavy atom. The molecule has 1 N–H and O–H groups in total. The molecule has 0 heterocycles. The second kappa shape index (κ2) is 7.68. The molecule has 2 nitrogen and oxygen atoms in total. The summed E-state index contributed by atoms with van der Waals surface area (Å²) in [6.45, 7) is 8.68. The third kappa shape index (κ3) is 4.24. The molecule has 0 saturated heterocycles. The normalized spacial score (nSPS) is 22.8. The molecule has 0 aromatic heterocycles. The van der Waals surface area contributed by atoms with Crippen LogP contribution in [0.15, 0.2) is 18.2 Å². The standard InChI is InChI=1S/C18H29NO/c1-4-12-19-13-16-7-5-6-15(3)18(16)20-17-10-8-14(2)9-11-17/h5-7,14,17,19H,4,8-13H2,1-3H3. The van der Waals surface area contributed by atoms with Gasteiger partial charge in [-0.1, -0.05) is 32.0 Å². The van der Waals surface area contributed by atoms with Crippen molar-refractivity contribution in [3.05, 3.63) is 29.3 Å². The lowest BCUT2D eigenvalue weighted by Crippen LogP contribution is -2.24. The molecule has 0 amide bonds. The lowest BCUT2D eigenvalue weighted by molar-refractivity contribution is 0.133. The highest BCUT2D eigenvalue weighted by atomic mass is 16.5. The van der Waals surface area contributed by atoms with Gasteiger partial charge in [-0.3, -0.25) is 0 Å². The maximum atomic E-state index is 6.36. The Hall–Kier alpha value is -1.02. The van der Waals surface area contributed by atoms with Crippen LogP contribution in [0.2, 0.25) is 0 Å².